The van der Waals surface area contributed by atoms with Gasteiger partial charge in [0.2, 0.25) is 0 Å². The largest absolute Gasteiger partial charge is 0.308 e. The molecule has 3 N–H and O–H groups in total. The molecule has 0 bridgehead atoms. The molecule has 78 valence electrons. The molecule has 0 aliphatic rings. The second-order valence-electron chi connectivity index (χ2n) is 2.98. The van der Waals surface area contributed by atoms with Gasteiger partial charge in [0.15, 0.2) is 0 Å². The highest BCUT2D eigenvalue weighted by atomic mass is 32.2. The topological polar surface area (TPSA) is 63.8 Å². The summed E-state index contributed by atoms with van der Waals surface area (Å²) in [7, 11) is 0. The van der Waals surface area contributed by atoms with Gasteiger partial charge in [-0.2, -0.15) is 11.8 Å². The van der Waals surface area contributed by atoms with Gasteiger partial charge in [0.1, 0.15) is 11.6 Å². The van der Waals surface area contributed by atoms with Crippen molar-refractivity contribution in [2.45, 2.75) is 26.5 Å². The summed E-state index contributed by atoms with van der Waals surface area (Å²) >= 11 is 1.80. The molecule has 0 fully saturated rings. The average molecular weight is 212 g/mol. The molecular weight excluding hydrogens is 196 g/mol. The van der Waals surface area contributed by atoms with E-state index in [4.69, 9.17) is 5.84 Å². The first kappa shape index (κ1) is 11.3. The van der Waals surface area contributed by atoms with E-state index in [-0.39, 0.29) is 0 Å². The third-order valence-electron chi connectivity index (χ3n) is 2.01. The number of nitrogens with one attached hydrogen (secondary N) is 1. The van der Waals surface area contributed by atoms with Gasteiger partial charge in [0.05, 0.1) is 5.75 Å². The highest BCUT2D eigenvalue weighted by Crippen LogP contribution is 2.16. The zero-order chi connectivity index (χ0) is 10.6. The van der Waals surface area contributed by atoms with Crippen LogP contribution >= 0.6 is 11.8 Å². The van der Waals surface area contributed by atoms with Crippen LogP contribution in [0.15, 0.2) is 0 Å². The third kappa shape index (κ3) is 2.59. The quantitative estimate of drug-likeness (QED) is 0.586. The van der Waals surface area contributed by atoms with E-state index in [2.05, 4.69) is 22.3 Å². The summed E-state index contributed by atoms with van der Waals surface area (Å²) < 4.78 is 0. The van der Waals surface area contributed by atoms with E-state index < -0.39 is 0 Å². The predicted octanol–water partition coefficient (Wildman–Crippen LogP) is 1.63. The summed E-state index contributed by atoms with van der Waals surface area (Å²) in [5, 5.41) is 0. The van der Waals surface area contributed by atoms with Gasteiger partial charge in [-0.3, -0.25) is 0 Å². The Bertz CT molecular complexity index is 314. The second-order valence-corrected chi connectivity index (χ2v) is 4.25. The molecule has 0 atom stereocenters. The molecule has 0 aromatic carbocycles. The fraction of sp³-hybridized carbons (Fsp3) is 0.556. The monoisotopic (exact) mass is 212 g/mol. The second kappa shape index (κ2) is 5.17. The van der Waals surface area contributed by atoms with Crippen molar-refractivity contribution in [2.24, 2.45) is 5.84 Å². The number of aromatic nitrogens is 2. The molecule has 0 saturated heterocycles. The molecule has 1 heterocycles. The van der Waals surface area contributed by atoms with Crippen molar-refractivity contribution >= 4 is 17.6 Å². The van der Waals surface area contributed by atoms with Crippen LogP contribution in [0.4, 0.5) is 5.82 Å². The number of nitrogens with zero attached hydrogens (tertiary/aromatic N) is 2. The number of hydrogen-bond donors (Lipinski definition) is 2. The van der Waals surface area contributed by atoms with Crippen molar-refractivity contribution in [3.8, 4) is 0 Å². The standard InChI is InChI=1S/C9H16N4S/c1-4-14-5-8-11-7(3)6(2)9(12-8)13-10/h4-5,10H2,1-3H3,(H,11,12,13). The Hall–Kier alpha value is -0.810. The Morgan fingerprint density at radius 3 is 2.64 bits per heavy atom. The number of anilines is 1. The van der Waals surface area contributed by atoms with Crippen LogP contribution in [0.1, 0.15) is 24.0 Å². The highest BCUT2D eigenvalue weighted by Gasteiger charge is 2.06. The van der Waals surface area contributed by atoms with Gasteiger partial charge >= 0.3 is 0 Å². The molecule has 0 aliphatic heterocycles. The first-order chi connectivity index (χ1) is 6.69. The van der Waals surface area contributed by atoms with Gasteiger partial charge in [0, 0.05) is 11.3 Å². The van der Waals surface area contributed by atoms with E-state index in [0.717, 1.165) is 34.4 Å². The maximum Gasteiger partial charge on any atom is 0.146 e. The summed E-state index contributed by atoms with van der Waals surface area (Å²) in [5.41, 5.74) is 4.59. The predicted molar refractivity (Wildman–Crippen MR) is 61.2 cm³/mol. The van der Waals surface area contributed by atoms with Crippen molar-refractivity contribution in [1.82, 2.24) is 9.97 Å². The van der Waals surface area contributed by atoms with Gasteiger partial charge in [-0.25, -0.2) is 15.8 Å². The van der Waals surface area contributed by atoms with Crippen LogP contribution in [0.3, 0.4) is 0 Å². The van der Waals surface area contributed by atoms with Gasteiger partial charge in [-0.05, 0) is 19.6 Å². The van der Waals surface area contributed by atoms with E-state index in [1.54, 1.807) is 11.8 Å². The lowest BCUT2D eigenvalue weighted by Crippen LogP contribution is -2.13. The van der Waals surface area contributed by atoms with Crippen LogP contribution in [-0.2, 0) is 5.75 Å². The van der Waals surface area contributed by atoms with Crippen molar-refractivity contribution in [2.75, 3.05) is 11.2 Å². The lowest BCUT2D eigenvalue weighted by Gasteiger charge is -2.08. The first-order valence-corrected chi connectivity index (χ1v) is 5.73. The molecule has 0 aliphatic carbocycles. The van der Waals surface area contributed by atoms with E-state index in [0.29, 0.717) is 0 Å². The van der Waals surface area contributed by atoms with Crippen LogP contribution in [-0.4, -0.2) is 15.7 Å². The smallest absolute Gasteiger partial charge is 0.146 e. The van der Waals surface area contributed by atoms with E-state index in [1.165, 1.54) is 0 Å². The van der Waals surface area contributed by atoms with Crippen molar-refractivity contribution in [3.05, 3.63) is 17.1 Å². The van der Waals surface area contributed by atoms with E-state index in [9.17, 15) is 0 Å². The number of hydrogen-bond acceptors (Lipinski definition) is 5. The Morgan fingerprint density at radius 2 is 2.07 bits per heavy atom. The molecule has 0 amide bonds. The highest BCUT2D eigenvalue weighted by molar-refractivity contribution is 7.98. The zero-order valence-electron chi connectivity index (χ0n) is 8.79. The van der Waals surface area contributed by atoms with Gasteiger partial charge in [-0.15, -0.1) is 0 Å². The molecule has 1 aromatic rings. The van der Waals surface area contributed by atoms with E-state index >= 15 is 0 Å². The number of thioether (sulfide) groups is 1. The normalized spacial score (nSPS) is 10.3. The lowest BCUT2D eigenvalue weighted by molar-refractivity contribution is 0.968. The molecule has 0 unspecified atom stereocenters. The van der Waals surface area contributed by atoms with Crippen LogP contribution < -0.4 is 11.3 Å². The number of rotatable bonds is 4. The first-order valence-electron chi connectivity index (χ1n) is 4.57. The van der Waals surface area contributed by atoms with Crippen LogP contribution in [0.25, 0.3) is 0 Å². The molecular formula is C9H16N4S. The van der Waals surface area contributed by atoms with Crippen LogP contribution in [0.5, 0.6) is 0 Å². The SMILES string of the molecule is CCSCc1nc(C)c(C)c(NN)n1. The van der Waals surface area contributed by atoms with E-state index in [1.807, 2.05) is 13.8 Å². The summed E-state index contributed by atoms with van der Waals surface area (Å²) in [5.74, 6) is 8.85. The Balaban J connectivity index is 2.91. The molecule has 14 heavy (non-hydrogen) atoms. The van der Waals surface area contributed by atoms with Gasteiger partial charge in [-0.1, -0.05) is 6.92 Å². The summed E-state index contributed by atoms with van der Waals surface area (Å²) in [6.07, 6.45) is 0. The van der Waals surface area contributed by atoms with Crippen molar-refractivity contribution in [3.63, 3.8) is 0 Å². The van der Waals surface area contributed by atoms with Crippen molar-refractivity contribution < 1.29 is 0 Å². The maximum atomic E-state index is 5.37. The summed E-state index contributed by atoms with van der Waals surface area (Å²) in [4.78, 5) is 8.71. The fourth-order valence-electron chi connectivity index (χ4n) is 1.09. The summed E-state index contributed by atoms with van der Waals surface area (Å²) in [6.45, 7) is 6.05. The van der Waals surface area contributed by atoms with Gasteiger partial charge < -0.3 is 5.43 Å². The lowest BCUT2D eigenvalue weighted by atomic mass is 10.2. The average Bonchev–Trinajstić information content (AvgIpc) is 2.19. The minimum absolute atomic E-state index is 0.726. The minimum atomic E-state index is 0.726. The maximum absolute atomic E-state index is 5.37. The van der Waals surface area contributed by atoms with Gasteiger partial charge in [0.25, 0.3) is 0 Å². The Labute approximate surface area is 88.7 Å². The van der Waals surface area contributed by atoms with Crippen LogP contribution in [0.2, 0.25) is 0 Å². The molecule has 1 rings (SSSR count). The Morgan fingerprint density at radius 1 is 1.36 bits per heavy atom. The number of nitrogen functional groups attached to an aromatic ring is 1. The number of hydrazine groups is 1. The zero-order valence-corrected chi connectivity index (χ0v) is 9.61. The number of aryl methyl sites for hydroxylation is 1. The molecule has 0 saturated carbocycles. The Kier molecular flexibility index (Phi) is 4.16. The van der Waals surface area contributed by atoms with Crippen molar-refractivity contribution in [1.29, 1.82) is 0 Å². The summed E-state index contributed by atoms with van der Waals surface area (Å²) in [6, 6.07) is 0. The number of nitrogens with two attached hydrogens (primary N) is 1. The third-order valence-corrected chi connectivity index (χ3v) is 2.88. The molecule has 0 spiro atoms. The molecule has 5 heteroatoms. The molecule has 0 radical (unpaired) electrons. The fourth-order valence-corrected chi connectivity index (χ4v) is 1.60. The minimum Gasteiger partial charge on any atom is -0.308 e. The molecule has 1 aromatic heterocycles. The molecule has 4 nitrogen and oxygen atoms in total. The van der Waals surface area contributed by atoms with Crippen LogP contribution in [0, 0.1) is 13.8 Å².